The van der Waals surface area contributed by atoms with Gasteiger partial charge >= 0.3 is 0 Å². The van der Waals surface area contributed by atoms with Crippen LogP contribution in [0.5, 0.6) is 0 Å². The van der Waals surface area contributed by atoms with E-state index in [0.717, 1.165) is 31.5 Å². The van der Waals surface area contributed by atoms with Gasteiger partial charge in [0.05, 0.1) is 27.6 Å². The average Bonchev–Trinajstić information content (AvgIpc) is 2.79. The van der Waals surface area contributed by atoms with Crippen LogP contribution < -0.4 is 0 Å². The van der Waals surface area contributed by atoms with Crippen molar-refractivity contribution in [2.24, 2.45) is 0 Å². The largest absolute Gasteiger partial charge is 0.294 e. The fraction of sp³-hybridized carbons (Fsp3) is 0.0714. The molecule has 0 aliphatic heterocycles. The van der Waals surface area contributed by atoms with E-state index in [4.69, 9.17) is 23.2 Å². The molecular formula is C14H8Br2Cl2N2. The third kappa shape index (κ3) is 2.50. The van der Waals surface area contributed by atoms with Crippen molar-refractivity contribution < 1.29 is 0 Å². The van der Waals surface area contributed by atoms with Gasteiger partial charge in [0.1, 0.15) is 5.82 Å². The first-order valence-electron chi connectivity index (χ1n) is 5.78. The smallest absolute Gasteiger partial charge is 0.129 e. The summed E-state index contributed by atoms with van der Waals surface area (Å²) in [5.41, 5.74) is 2.72. The fourth-order valence-corrected chi connectivity index (χ4v) is 3.19. The Balaban J connectivity index is 2.39. The van der Waals surface area contributed by atoms with E-state index < -0.39 is 0 Å². The highest BCUT2D eigenvalue weighted by molar-refractivity contribution is 9.10. The lowest BCUT2D eigenvalue weighted by atomic mass is 10.2. The molecule has 0 saturated carbocycles. The van der Waals surface area contributed by atoms with Crippen molar-refractivity contribution >= 4 is 66.1 Å². The van der Waals surface area contributed by atoms with Gasteiger partial charge in [-0.1, -0.05) is 43.5 Å². The predicted molar refractivity (Wildman–Crippen MR) is 91.0 cm³/mol. The van der Waals surface area contributed by atoms with E-state index in [2.05, 4.69) is 36.8 Å². The highest BCUT2D eigenvalue weighted by Crippen LogP contribution is 2.31. The lowest BCUT2D eigenvalue weighted by Crippen LogP contribution is -2.00. The molecule has 0 atom stereocenters. The predicted octanol–water partition coefficient (Wildman–Crippen LogP) is 5.94. The molecule has 0 radical (unpaired) electrons. The van der Waals surface area contributed by atoms with Crippen molar-refractivity contribution in [1.29, 1.82) is 0 Å². The van der Waals surface area contributed by atoms with Crippen molar-refractivity contribution in [1.82, 2.24) is 9.55 Å². The van der Waals surface area contributed by atoms with Gasteiger partial charge in [-0.15, -0.1) is 11.6 Å². The highest BCUT2D eigenvalue weighted by atomic mass is 79.9. The average molecular weight is 435 g/mol. The summed E-state index contributed by atoms with van der Waals surface area (Å²) in [6, 6.07) is 11.6. The summed E-state index contributed by atoms with van der Waals surface area (Å²) in [4.78, 5) is 4.56. The van der Waals surface area contributed by atoms with E-state index in [1.807, 2.05) is 41.0 Å². The Morgan fingerprint density at radius 3 is 2.50 bits per heavy atom. The van der Waals surface area contributed by atoms with Crippen LogP contribution in [0.25, 0.3) is 16.7 Å². The molecule has 2 nitrogen and oxygen atoms in total. The Labute approximate surface area is 143 Å². The zero-order valence-corrected chi connectivity index (χ0v) is 14.8. The summed E-state index contributed by atoms with van der Waals surface area (Å²) in [5, 5.41) is 0.652. The summed E-state index contributed by atoms with van der Waals surface area (Å²) in [5.74, 6) is 1.08. The maximum Gasteiger partial charge on any atom is 0.129 e. The number of hydrogen-bond donors (Lipinski definition) is 0. The van der Waals surface area contributed by atoms with E-state index in [1.165, 1.54) is 0 Å². The van der Waals surface area contributed by atoms with Crippen LogP contribution in [0.2, 0.25) is 5.02 Å². The molecule has 0 saturated heterocycles. The van der Waals surface area contributed by atoms with Gasteiger partial charge in [-0.25, -0.2) is 4.98 Å². The van der Waals surface area contributed by atoms with Gasteiger partial charge in [0, 0.05) is 8.95 Å². The summed E-state index contributed by atoms with van der Waals surface area (Å²) in [6.07, 6.45) is 0. The summed E-state index contributed by atoms with van der Waals surface area (Å²) in [6.45, 7) is 0. The number of halogens is 4. The van der Waals surface area contributed by atoms with Crippen LogP contribution in [-0.2, 0) is 5.88 Å². The van der Waals surface area contributed by atoms with Crippen LogP contribution in [0.4, 0.5) is 0 Å². The van der Waals surface area contributed by atoms with E-state index in [1.54, 1.807) is 0 Å². The molecule has 6 heteroatoms. The van der Waals surface area contributed by atoms with Gasteiger partial charge in [0.15, 0.2) is 0 Å². The number of nitrogens with zero attached hydrogens (tertiary/aromatic N) is 2. The van der Waals surface area contributed by atoms with Gasteiger partial charge in [-0.2, -0.15) is 0 Å². The van der Waals surface area contributed by atoms with E-state index in [9.17, 15) is 0 Å². The minimum Gasteiger partial charge on any atom is -0.294 e. The zero-order chi connectivity index (χ0) is 14.3. The molecular weight excluding hydrogens is 427 g/mol. The molecule has 0 aliphatic rings. The minimum absolute atomic E-state index is 0.315. The highest BCUT2D eigenvalue weighted by Gasteiger charge is 2.14. The lowest BCUT2D eigenvalue weighted by Gasteiger charge is -2.10. The summed E-state index contributed by atoms with van der Waals surface area (Å²) >= 11 is 19.3. The minimum atomic E-state index is 0.315. The van der Waals surface area contributed by atoms with E-state index in [-0.39, 0.29) is 0 Å². The molecule has 3 rings (SSSR count). The third-order valence-corrected chi connectivity index (χ3v) is 4.50. The van der Waals surface area contributed by atoms with Gasteiger partial charge in [0.25, 0.3) is 0 Å². The quantitative estimate of drug-likeness (QED) is 0.456. The Kier molecular flexibility index (Phi) is 4.09. The van der Waals surface area contributed by atoms with Crippen molar-refractivity contribution in [3.8, 4) is 5.69 Å². The zero-order valence-electron chi connectivity index (χ0n) is 10.1. The lowest BCUT2D eigenvalue weighted by molar-refractivity contribution is 0.981. The van der Waals surface area contributed by atoms with Crippen molar-refractivity contribution in [2.75, 3.05) is 0 Å². The standard InChI is InChI=1S/C14H8Br2Cl2N2/c15-8-1-3-10(18)12(5-8)20-13-6-9(16)2-4-11(13)19-14(20)7-17/h1-6H,7H2. The van der Waals surface area contributed by atoms with Gasteiger partial charge < -0.3 is 0 Å². The monoisotopic (exact) mass is 432 g/mol. The van der Waals surface area contributed by atoms with Crippen LogP contribution in [0.15, 0.2) is 45.3 Å². The van der Waals surface area contributed by atoms with Crippen LogP contribution in [0, 0.1) is 0 Å². The van der Waals surface area contributed by atoms with Crippen molar-refractivity contribution in [3.05, 3.63) is 56.2 Å². The topological polar surface area (TPSA) is 17.8 Å². The molecule has 0 fully saturated rings. The molecule has 0 spiro atoms. The SMILES string of the molecule is ClCc1nc2ccc(Br)cc2n1-c1cc(Br)ccc1Cl. The summed E-state index contributed by atoms with van der Waals surface area (Å²) < 4.78 is 3.92. The number of hydrogen-bond acceptors (Lipinski definition) is 1. The number of fused-ring (bicyclic) bond motifs is 1. The second-order valence-corrected chi connectivity index (χ2v) is 6.73. The third-order valence-electron chi connectivity index (χ3n) is 2.95. The number of alkyl halides is 1. The van der Waals surface area contributed by atoms with Crippen LogP contribution in [-0.4, -0.2) is 9.55 Å². The number of rotatable bonds is 2. The van der Waals surface area contributed by atoms with Crippen LogP contribution >= 0.6 is 55.1 Å². The molecule has 1 aromatic heterocycles. The summed E-state index contributed by atoms with van der Waals surface area (Å²) in [7, 11) is 0. The second kappa shape index (κ2) is 5.68. The molecule has 3 aromatic rings. The Morgan fingerprint density at radius 1 is 1.05 bits per heavy atom. The van der Waals surface area contributed by atoms with E-state index in [0.29, 0.717) is 10.9 Å². The molecule has 102 valence electrons. The van der Waals surface area contributed by atoms with Gasteiger partial charge in [0.2, 0.25) is 0 Å². The van der Waals surface area contributed by atoms with Crippen molar-refractivity contribution in [2.45, 2.75) is 5.88 Å². The van der Waals surface area contributed by atoms with Gasteiger partial charge in [-0.3, -0.25) is 4.57 Å². The molecule has 0 amide bonds. The Bertz CT molecular complexity index is 799. The molecule has 1 heterocycles. The van der Waals surface area contributed by atoms with E-state index >= 15 is 0 Å². The first-order valence-corrected chi connectivity index (χ1v) is 8.28. The fourth-order valence-electron chi connectivity index (χ4n) is 2.11. The number of benzene rings is 2. The maximum atomic E-state index is 6.33. The molecule has 2 aromatic carbocycles. The molecule has 0 unspecified atom stereocenters. The van der Waals surface area contributed by atoms with Crippen LogP contribution in [0.1, 0.15) is 5.82 Å². The maximum absolute atomic E-state index is 6.33. The Morgan fingerprint density at radius 2 is 1.75 bits per heavy atom. The second-order valence-electron chi connectivity index (χ2n) is 4.23. The first kappa shape index (κ1) is 14.4. The Hall–Kier alpha value is -0.550. The van der Waals surface area contributed by atoms with Gasteiger partial charge in [-0.05, 0) is 36.4 Å². The molecule has 0 N–H and O–H groups in total. The van der Waals surface area contributed by atoms with Crippen molar-refractivity contribution in [3.63, 3.8) is 0 Å². The molecule has 0 aliphatic carbocycles. The first-order chi connectivity index (χ1) is 9.60. The van der Waals surface area contributed by atoms with Crippen LogP contribution in [0.3, 0.4) is 0 Å². The number of aromatic nitrogens is 2. The normalized spacial score (nSPS) is 11.2. The molecule has 20 heavy (non-hydrogen) atoms. The molecule has 0 bridgehead atoms. The number of imidazole rings is 1.